The molecule has 0 aromatic rings. The third-order valence-corrected chi connectivity index (χ3v) is 7.11. The summed E-state index contributed by atoms with van der Waals surface area (Å²) in [5.74, 6) is 0.839. The van der Waals surface area contributed by atoms with Gasteiger partial charge in [0, 0.05) is 27.2 Å². The zero-order chi connectivity index (χ0) is 12.9. The van der Waals surface area contributed by atoms with Crippen molar-refractivity contribution in [3.8, 4) is 0 Å². The number of likely N-dealkylation sites (tertiary alicyclic amines) is 1. The molecular weight excluding hydrogens is 234 g/mol. The van der Waals surface area contributed by atoms with E-state index in [0.717, 1.165) is 16.6 Å². The first kappa shape index (κ1) is 15.1. The molecule has 0 spiro atoms. The Kier molecular flexibility index (Phi) is 5.59. The second-order valence-electron chi connectivity index (χ2n) is 5.40. The molecule has 0 N–H and O–H groups in total. The Morgan fingerprint density at radius 2 is 1.76 bits per heavy atom. The van der Waals surface area contributed by atoms with Gasteiger partial charge in [-0.05, 0) is 19.3 Å². The Balaban J connectivity index is 2.69. The minimum Gasteiger partial charge on any atom is -0.374 e. The van der Waals surface area contributed by atoms with Crippen molar-refractivity contribution in [2.45, 2.75) is 26.2 Å². The number of hydrogen-bond donors (Lipinski definition) is 0. The standard InChI is InChI=1S/C12H28NO3Si/c1-6-12-8-7-9-13(2,10-12)11-17(14-3,15-4)16-5/h12H,6-11H2,1-5H3/q+1. The Bertz CT molecular complexity index is 228. The minimum atomic E-state index is -2.45. The Hall–Kier alpha value is 0.0569. The Morgan fingerprint density at radius 3 is 2.24 bits per heavy atom. The van der Waals surface area contributed by atoms with Crippen molar-refractivity contribution < 1.29 is 17.8 Å². The van der Waals surface area contributed by atoms with Crippen LogP contribution < -0.4 is 0 Å². The van der Waals surface area contributed by atoms with Crippen molar-refractivity contribution in [1.82, 2.24) is 0 Å². The molecule has 2 atom stereocenters. The van der Waals surface area contributed by atoms with E-state index in [1.165, 1.54) is 32.4 Å². The fourth-order valence-electron chi connectivity index (χ4n) is 2.96. The number of rotatable bonds is 6. The zero-order valence-electron chi connectivity index (χ0n) is 12.0. The molecule has 0 aromatic carbocycles. The van der Waals surface area contributed by atoms with E-state index in [1.54, 1.807) is 21.3 Å². The molecule has 1 heterocycles. The van der Waals surface area contributed by atoms with Crippen LogP contribution in [-0.4, -0.2) is 60.9 Å². The van der Waals surface area contributed by atoms with Gasteiger partial charge < -0.3 is 17.8 Å². The van der Waals surface area contributed by atoms with Gasteiger partial charge in [0.2, 0.25) is 0 Å². The van der Waals surface area contributed by atoms with Gasteiger partial charge >= 0.3 is 8.80 Å². The van der Waals surface area contributed by atoms with Gasteiger partial charge in [-0.2, -0.15) is 0 Å². The average molecular weight is 262 g/mol. The highest BCUT2D eigenvalue weighted by atomic mass is 28.4. The van der Waals surface area contributed by atoms with E-state index < -0.39 is 8.80 Å². The summed E-state index contributed by atoms with van der Waals surface area (Å²) in [6, 6.07) is 0. The molecule has 4 nitrogen and oxygen atoms in total. The van der Waals surface area contributed by atoms with E-state index in [1.807, 2.05) is 0 Å². The van der Waals surface area contributed by atoms with E-state index in [4.69, 9.17) is 13.3 Å². The molecule has 1 saturated heterocycles. The van der Waals surface area contributed by atoms with Crippen LogP contribution in [0, 0.1) is 5.92 Å². The van der Waals surface area contributed by atoms with Gasteiger partial charge in [0.1, 0.15) is 6.17 Å². The van der Waals surface area contributed by atoms with Crippen molar-refractivity contribution in [1.29, 1.82) is 0 Å². The lowest BCUT2D eigenvalue weighted by Crippen LogP contribution is -2.63. The number of quaternary nitrogens is 1. The van der Waals surface area contributed by atoms with Gasteiger partial charge in [-0.25, -0.2) is 0 Å². The average Bonchev–Trinajstić information content (AvgIpc) is 2.36. The van der Waals surface area contributed by atoms with E-state index in [2.05, 4.69) is 14.0 Å². The van der Waals surface area contributed by atoms with Gasteiger partial charge in [-0.3, -0.25) is 0 Å². The third-order valence-electron chi connectivity index (χ3n) is 4.10. The summed E-state index contributed by atoms with van der Waals surface area (Å²) in [5.41, 5.74) is 0. The molecule has 17 heavy (non-hydrogen) atoms. The van der Waals surface area contributed by atoms with Crippen molar-refractivity contribution in [2.24, 2.45) is 5.92 Å². The van der Waals surface area contributed by atoms with Gasteiger partial charge in [-0.15, -0.1) is 0 Å². The Labute approximate surface area is 107 Å². The highest BCUT2D eigenvalue weighted by Gasteiger charge is 2.48. The maximum absolute atomic E-state index is 5.55. The maximum atomic E-state index is 5.55. The second-order valence-corrected chi connectivity index (χ2v) is 8.30. The summed E-state index contributed by atoms with van der Waals surface area (Å²) >= 11 is 0. The molecule has 0 aromatic heterocycles. The van der Waals surface area contributed by atoms with Crippen LogP contribution in [0.15, 0.2) is 0 Å². The summed E-state index contributed by atoms with van der Waals surface area (Å²) in [5, 5.41) is 0. The molecule has 0 radical (unpaired) electrons. The highest BCUT2D eigenvalue weighted by molar-refractivity contribution is 6.60. The molecule has 1 fully saturated rings. The molecule has 1 rings (SSSR count). The van der Waals surface area contributed by atoms with Crippen LogP contribution in [0.1, 0.15) is 26.2 Å². The SMILES string of the molecule is CCC1CCC[N+](C)(C[Si](OC)(OC)OC)C1. The first-order valence-corrected chi connectivity index (χ1v) is 8.45. The molecule has 1 aliphatic heterocycles. The number of hydrogen-bond acceptors (Lipinski definition) is 3. The van der Waals surface area contributed by atoms with Crippen molar-refractivity contribution in [2.75, 3.05) is 47.6 Å². The lowest BCUT2D eigenvalue weighted by molar-refractivity contribution is -0.910. The predicted octanol–water partition coefficient (Wildman–Crippen LogP) is 1.67. The molecule has 0 aliphatic carbocycles. The summed E-state index contributed by atoms with van der Waals surface area (Å²) < 4.78 is 17.7. The lowest BCUT2D eigenvalue weighted by Gasteiger charge is -2.43. The fourth-order valence-corrected chi connectivity index (χ4v) is 5.07. The van der Waals surface area contributed by atoms with Crippen LogP contribution in [0.3, 0.4) is 0 Å². The van der Waals surface area contributed by atoms with Crippen LogP contribution in [-0.2, 0) is 13.3 Å². The third kappa shape index (κ3) is 3.76. The van der Waals surface area contributed by atoms with E-state index in [9.17, 15) is 0 Å². The van der Waals surface area contributed by atoms with Crippen LogP contribution in [0.4, 0.5) is 0 Å². The molecule has 102 valence electrons. The van der Waals surface area contributed by atoms with Crippen molar-refractivity contribution >= 4 is 8.80 Å². The Morgan fingerprint density at radius 1 is 1.18 bits per heavy atom. The number of nitrogens with zero attached hydrogens (tertiary/aromatic N) is 1. The monoisotopic (exact) mass is 262 g/mol. The molecule has 5 heteroatoms. The van der Waals surface area contributed by atoms with Gasteiger partial charge in [0.15, 0.2) is 0 Å². The van der Waals surface area contributed by atoms with E-state index in [-0.39, 0.29) is 0 Å². The molecule has 0 bridgehead atoms. The van der Waals surface area contributed by atoms with Crippen LogP contribution in [0.2, 0.25) is 0 Å². The topological polar surface area (TPSA) is 27.7 Å². The highest BCUT2D eigenvalue weighted by Crippen LogP contribution is 2.26. The van der Waals surface area contributed by atoms with Crippen LogP contribution >= 0.6 is 0 Å². The summed E-state index contributed by atoms with van der Waals surface area (Å²) in [7, 11) is 4.96. The van der Waals surface area contributed by atoms with E-state index in [0.29, 0.717) is 0 Å². The smallest absolute Gasteiger partial charge is 0.374 e. The van der Waals surface area contributed by atoms with Crippen LogP contribution in [0.5, 0.6) is 0 Å². The summed E-state index contributed by atoms with van der Waals surface area (Å²) in [6.07, 6.45) is 4.82. The quantitative estimate of drug-likeness (QED) is 0.538. The zero-order valence-corrected chi connectivity index (χ0v) is 13.0. The first-order chi connectivity index (χ1) is 8.03. The normalized spacial score (nSPS) is 30.5. The molecular formula is C12H28NO3Si+. The predicted molar refractivity (Wildman–Crippen MR) is 70.6 cm³/mol. The minimum absolute atomic E-state index is 0.839. The fraction of sp³-hybridized carbons (Fsp3) is 1.00. The second kappa shape index (κ2) is 6.29. The van der Waals surface area contributed by atoms with E-state index >= 15 is 0 Å². The molecule has 0 amide bonds. The molecule has 2 unspecified atom stereocenters. The largest absolute Gasteiger partial charge is 0.558 e. The summed E-state index contributed by atoms with van der Waals surface area (Å²) in [4.78, 5) is 0. The molecule has 0 saturated carbocycles. The van der Waals surface area contributed by atoms with Crippen molar-refractivity contribution in [3.05, 3.63) is 0 Å². The van der Waals surface area contributed by atoms with Crippen molar-refractivity contribution in [3.63, 3.8) is 0 Å². The van der Waals surface area contributed by atoms with Gasteiger partial charge in [0.25, 0.3) is 0 Å². The first-order valence-electron chi connectivity index (χ1n) is 6.52. The van der Waals surface area contributed by atoms with Crippen LogP contribution in [0.25, 0.3) is 0 Å². The molecule has 1 aliphatic rings. The maximum Gasteiger partial charge on any atom is 0.558 e. The van der Waals surface area contributed by atoms with Gasteiger partial charge in [-0.1, -0.05) is 6.92 Å². The van der Waals surface area contributed by atoms with Gasteiger partial charge in [0.05, 0.1) is 20.1 Å². The summed E-state index contributed by atoms with van der Waals surface area (Å²) in [6.45, 7) is 4.72. The number of piperidine rings is 1. The lowest BCUT2D eigenvalue weighted by atomic mass is 9.95.